The minimum Gasteiger partial charge on any atom is -0.465 e. The smallest absolute Gasteiger partial charge is 0.319 e. The Labute approximate surface area is 146 Å². The first-order chi connectivity index (χ1) is 11.6. The van der Waals surface area contributed by atoms with E-state index in [9.17, 15) is 13.8 Å². The van der Waals surface area contributed by atoms with E-state index in [0.29, 0.717) is 38.0 Å². The number of ether oxygens (including phenoxy) is 1. The van der Waals surface area contributed by atoms with Crippen LogP contribution in [-0.2, 0) is 25.1 Å². The Morgan fingerprint density at radius 3 is 2.62 bits per heavy atom. The lowest BCUT2D eigenvalue weighted by Crippen LogP contribution is -2.43. The van der Waals surface area contributed by atoms with Crippen LogP contribution in [0.15, 0.2) is 35.2 Å². The van der Waals surface area contributed by atoms with Crippen LogP contribution in [0.4, 0.5) is 0 Å². The van der Waals surface area contributed by atoms with Gasteiger partial charge in [-0.1, -0.05) is 31.0 Å². The molecule has 24 heavy (non-hydrogen) atoms. The molecule has 2 unspecified atom stereocenters. The number of unbranched alkanes of at least 4 members (excludes halogenated alkanes) is 1. The van der Waals surface area contributed by atoms with Crippen LogP contribution >= 0.6 is 0 Å². The van der Waals surface area contributed by atoms with Gasteiger partial charge in [-0.05, 0) is 44.7 Å². The average molecular weight is 350 g/mol. The minimum absolute atomic E-state index is 0.0244. The summed E-state index contributed by atoms with van der Waals surface area (Å²) in [5.41, 5.74) is -0.956. The van der Waals surface area contributed by atoms with Gasteiger partial charge in [-0.3, -0.25) is 13.8 Å². The van der Waals surface area contributed by atoms with Gasteiger partial charge in [0.15, 0.2) is 0 Å². The molecule has 0 saturated heterocycles. The second kappa shape index (κ2) is 9.11. The molecule has 2 atom stereocenters. The third-order valence-corrected chi connectivity index (χ3v) is 6.10. The Morgan fingerprint density at radius 1 is 1.21 bits per heavy atom. The number of hydrogen-bond acceptors (Lipinski definition) is 4. The van der Waals surface area contributed by atoms with Crippen molar-refractivity contribution in [2.75, 3.05) is 12.4 Å². The molecule has 0 amide bonds. The van der Waals surface area contributed by atoms with Crippen molar-refractivity contribution in [1.29, 1.82) is 0 Å². The molecule has 1 aliphatic rings. The number of carbonyl (C=O) groups excluding carboxylic acids is 2. The number of benzene rings is 1. The molecular weight excluding hydrogens is 324 g/mol. The molecule has 0 radical (unpaired) electrons. The molecule has 0 aliphatic heterocycles. The van der Waals surface area contributed by atoms with Crippen molar-refractivity contribution >= 4 is 22.6 Å². The van der Waals surface area contributed by atoms with Crippen molar-refractivity contribution in [3.05, 3.63) is 30.3 Å². The third-order valence-electron chi connectivity index (χ3n) is 4.65. The van der Waals surface area contributed by atoms with Crippen LogP contribution in [0.2, 0.25) is 0 Å². The van der Waals surface area contributed by atoms with Crippen LogP contribution in [0.3, 0.4) is 0 Å². The van der Waals surface area contributed by atoms with Gasteiger partial charge in [-0.2, -0.15) is 0 Å². The van der Waals surface area contributed by atoms with Crippen molar-refractivity contribution in [2.45, 2.75) is 56.8 Å². The lowest BCUT2D eigenvalue weighted by molar-refractivity contribution is -0.163. The maximum absolute atomic E-state index is 12.4. The van der Waals surface area contributed by atoms with Crippen molar-refractivity contribution < 1.29 is 18.5 Å². The summed E-state index contributed by atoms with van der Waals surface area (Å²) in [6.07, 6.45) is 4.76. The first-order valence-corrected chi connectivity index (χ1v) is 10.1. The SMILES string of the molecule is CCOC(=O)C1(CCCCS(=O)c2ccccc2)CCCCC1=O. The summed E-state index contributed by atoms with van der Waals surface area (Å²) in [5.74, 6) is 0.215. The number of Topliss-reactive ketones (excluding diaryl/α,β-unsaturated/α-hetero) is 1. The Hall–Kier alpha value is -1.49. The number of carbonyl (C=O) groups is 2. The highest BCUT2D eigenvalue weighted by molar-refractivity contribution is 7.85. The van der Waals surface area contributed by atoms with Gasteiger partial charge in [0.05, 0.1) is 17.4 Å². The number of hydrogen-bond donors (Lipinski definition) is 0. The fraction of sp³-hybridized carbons (Fsp3) is 0.579. The van der Waals surface area contributed by atoms with Crippen molar-refractivity contribution in [1.82, 2.24) is 0 Å². The minimum atomic E-state index is -1.03. The molecule has 0 N–H and O–H groups in total. The molecule has 1 saturated carbocycles. The zero-order valence-corrected chi connectivity index (χ0v) is 15.1. The summed E-state index contributed by atoms with van der Waals surface area (Å²) in [7, 11) is -1.03. The Bertz CT molecular complexity index is 584. The standard InChI is InChI=1S/C19H26O4S/c1-2-23-18(21)19(13-7-6-12-17(19)20)14-8-9-15-24(22)16-10-4-3-5-11-16/h3-5,10-11H,2,6-9,12-15H2,1H3. The topological polar surface area (TPSA) is 60.4 Å². The van der Waals surface area contributed by atoms with Gasteiger partial charge in [0, 0.05) is 17.1 Å². The van der Waals surface area contributed by atoms with E-state index in [0.717, 1.165) is 24.2 Å². The predicted molar refractivity (Wildman–Crippen MR) is 94.1 cm³/mol. The summed E-state index contributed by atoms with van der Waals surface area (Å²) in [5, 5.41) is 0. The Balaban J connectivity index is 1.90. The van der Waals surface area contributed by atoms with Gasteiger partial charge in [-0.15, -0.1) is 0 Å². The highest BCUT2D eigenvalue weighted by atomic mass is 32.2. The fourth-order valence-electron chi connectivity index (χ4n) is 3.29. The molecule has 1 aliphatic carbocycles. The summed E-state index contributed by atoms with van der Waals surface area (Å²) in [4.78, 5) is 25.6. The molecule has 4 nitrogen and oxygen atoms in total. The van der Waals surface area contributed by atoms with Crippen LogP contribution in [0, 0.1) is 5.41 Å². The lowest BCUT2D eigenvalue weighted by Gasteiger charge is -2.33. The monoisotopic (exact) mass is 350 g/mol. The molecule has 132 valence electrons. The molecular formula is C19H26O4S. The Morgan fingerprint density at radius 2 is 1.96 bits per heavy atom. The van der Waals surface area contributed by atoms with Crippen LogP contribution in [0.25, 0.3) is 0 Å². The number of ketones is 1. The van der Waals surface area contributed by atoms with Gasteiger partial charge in [-0.25, -0.2) is 0 Å². The van der Waals surface area contributed by atoms with Gasteiger partial charge < -0.3 is 4.74 Å². The molecule has 1 aromatic carbocycles. The highest BCUT2D eigenvalue weighted by Gasteiger charge is 2.47. The summed E-state index contributed by atoms with van der Waals surface area (Å²) < 4.78 is 17.4. The van der Waals surface area contributed by atoms with E-state index in [4.69, 9.17) is 4.74 Å². The normalized spacial score (nSPS) is 22.1. The average Bonchev–Trinajstić information content (AvgIpc) is 2.61. The second-order valence-electron chi connectivity index (χ2n) is 6.25. The number of rotatable bonds is 8. The van der Waals surface area contributed by atoms with Gasteiger partial charge in [0.25, 0.3) is 0 Å². The largest absolute Gasteiger partial charge is 0.465 e. The summed E-state index contributed by atoms with van der Waals surface area (Å²) in [6.45, 7) is 2.06. The van der Waals surface area contributed by atoms with E-state index in [1.54, 1.807) is 6.92 Å². The van der Waals surface area contributed by atoms with Crippen molar-refractivity contribution in [2.24, 2.45) is 5.41 Å². The first kappa shape index (κ1) is 18.8. The maximum Gasteiger partial charge on any atom is 0.319 e. The van der Waals surface area contributed by atoms with Gasteiger partial charge in [0.2, 0.25) is 0 Å². The van der Waals surface area contributed by atoms with E-state index in [2.05, 4.69) is 0 Å². The highest BCUT2D eigenvalue weighted by Crippen LogP contribution is 2.39. The van der Waals surface area contributed by atoms with E-state index in [1.807, 2.05) is 30.3 Å². The van der Waals surface area contributed by atoms with Crippen molar-refractivity contribution in [3.8, 4) is 0 Å². The van der Waals surface area contributed by atoms with E-state index < -0.39 is 16.2 Å². The molecule has 1 aromatic rings. The maximum atomic E-state index is 12.4. The zero-order chi connectivity index (χ0) is 17.4. The predicted octanol–water partition coefficient (Wildman–Crippen LogP) is 3.66. The van der Waals surface area contributed by atoms with Gasteiger partial charge >= 0.3 is 5.97 Å². The molecule has 5 heteroatoms. The van der Waals surface area contributed by atoms with Crippen molar-refractivity contribution in [3.63, 3.8) is 0 Å². The van der Waals surface area contributed by atoms with Gasteiger partial charge in [0.1, 0.15) is 11.2 Å². The molecule has 0 aromatic heterocycles. The van der Waals surface area contributed by atoms with Crippen LogP contribution in [0.5, 0.6) is 0 Å². The fourth-order valence-corrected chi connectivity index (χ4v) is 4.46. The van der Waals surface area contributed by atoms with Crippen LogP contribution < -0.4 is 0 Å². The van der Waals surface area contributed by atoms with Crippen LogP contribution in [-0.4, -0.2) is 28.3 Å². The lowest BCUT2D eigenvalue weighted by atomic mass is 9.70. The molecule has 0 bridgehead atoms. The summed E-state index contributed by atoms with van der Waals surface area (Å²) in [6, 6.07) is 9.38. The van der Waals surface area contributed by atoms with E-state index >= 15 is 0 Å². The molecule has 2 rings (SSSR count). The quantitative estimate of drug-likeness (QED) is 0.408. The van der Waals surface area contributed by atoms with E-state index in [1.165, 1.54) is 0 Å². The number of esters is 1. The third kappa shape index (κ3) is 4.53. The second-order valence-corrected chi connectivity index (χ2v) is 7.82. The molecule has 0 heterocycles. The zero-order valence-electron chi connectivity index (χ0n) is 14.3. The Kier molecular flexibility index (Phi) is 7.16. The summed E-state index contributed by atoms with van der Waals surface area (Å²) >= 11 is 0. The van der Waals surface area contributed by atoms with Crippen LogP contribution in [0.1, 0.15) is 51.9 Å². The van der Waals surface area contributed by atoms with E-state index in [-0.39, 0.29) is 11.8 Å². The molecule has 0 spiro atoms. The first-order valence-electron chi connectivity index (χ1n) is 8.74. The molecule has 1 fully saturated rings.